The normalized spacial score (nSPS) is 16.2. The molecule has 3 aromatic rings. The highest BCUT2D eigenvalue weighted by Gasteiger charge is 2.40. The molecule has 0 aliphatic heterocycles. The summed E-state index contributed by atoms with van der Waals surface area (Å²) in [6.45, 7) is 5.43. The van der Waals surface area contributed by atoms with Gasteiger partial charge in [-0.15, -0.1) is 6.58 Å². The van der Waals surface area contributed by atoms with Crippen LogP contribution in [-0.4, -0.2) is 40.0 Å². The van der Waals surface area contributed by atoms with Crippen molar-refractivity contribution in [1.29, 1.82) is 0 Å². The first-order valence-electron chi connectivity index (χ1n) is 11.3. The van der Waals surface area contributed by atoms with Crippen LogP contribution in [0.15, 0.2) is 61.2 Å². The number of benzene rings is 2. The first-order chi connectivity index (χ1) is 15.9. The number of fused-ring (bicyclic) bond motifs is 1. The lowest BCUT2D eigenvalue weighted by Gasteiger charge is -2.28. The number of para-hydroxylation sites is 1. The summed E-state index contributed by atoms with van der Waals surface area (Å²) in [5.74, 6) is -1.84. The van der Waals surface area contributed by atoms with Crippen LogP contribution in [0.5, 0.6) is 0 Å². The van der Waals surface area contributed by atoms with Crippen LogP contribution in [0.25, 0.3) is 22.0 Å². The van der Waals surface area contributed by atoms with E-state index >= 15 is 0 Å². The van der Waals surface area contributed by atoms with Gasteiger partial charge >= 0.3 is 5.97 Å². The molecule has 1 aromatic heterocycles. The molecule has 4 rings (SSSR count). The Bertz CT molecular complexity index is 1160. The number of halogens is 1. The van der Waals surface area contributed by atoms with Crippen molar-refractivity contribution in [1.82, 2.24) is 4.98 Å². The van der Waals surface area contributed by atoms with Crippen LogP contribution < -0.4 is 0 Å². The second kappa shape index (κ2) is 9.81. The molecule has 3 atom stereocenters. The fourth-order valence-corrected chi connectivity index (χ4v) is 4.34. The third-order valence-corrected chi connectivity index (χ3v) is 6.05. The van der Waals surface area contributed by atoms with E-state index in [2.05, 4.69) is 6.58 Å². The van der Waals surface area contributed by atoms with Crippen LogP contribution >= 0.6 is 0 Å². The van der Waals surface area contributed by atoms with Gasteiger partial charge in [-0.1, -0.05) is 36.4 Å². The van der Waals surface area contributed by atoms with Gasteiger partial charge in [-0.05, 0) is 54.7 Å². The number of rotatable bonds is 9. The first kappa shape index (κ1) is 23.1. The number of hydrogen-bond donors (Lipinski definition) is 2. The highest BCUT2D eigenvalue weighted by Crippen LogP contribution is 2.48. The van der Waals surface area contributed by atoms with E-state index in [0.29, 0.717) is 5.56 Å². The summed E-state index contributed by atoms with van der Waals surface area (Å²) in [5, 5.41) is 22.1. The van der Waals surface area contributed by atoms with E-state index in [1.54, 1.807) is 19.1 Å². The topological polar surface area (TPSA) is 79.7 Å². The first-order valence-corrected chi connectivity index (χ1v) is 11.3. The maximum atomic E-state index is 13.8. The van der Waals surface area contributed by atoms with Crippen molar-refractivity contribution in [2.24, 2.45) is 0 Å². The second-order valence-corrected chi connectivity index (χ2v) is 8.42. The molecule has 0 bridgehead atoms. The van der Waals surface area contributed by atoms with Gasteiger partial charge in [-0.3, -0.25) is 9.78 Å². The molecule has 0 amide bonds. The fraction of sp³-hybridized carbons (Fsp3) is 0.333. The average Bonchev–Trinajstić information content (AvgIpc) is 3.65. The monoisotopic (exact) mass is 449 g/mol. The van der Waals surface area contributed by atoms with E-state index in [1.807, 2.05) is 24.3 Å². The number of esters is 1. The number of aliphatic hydroxyl groups excluding tert-OH is 2. The van der Waals surface area contributed by atoms with Gasteiger partial charge < -0.3 is 14.9 Å². The Morgan fingerprint density at radius 2 is 1.91 bits per heavy atom. The Kier molecular flexibility index (Phi) is 6.86. The third kappa shape index (κ3) is 4.82. The van der Waals surface area contributed by atoms with Crippen LogP contribution in [0.1, 0.15) is 49.3 Å². The smallest absolute Gasteiger partial charge is 0.316 e. The average molecular weight is 450 g/mol. The standard InChI is InChI=1S/C27H28FNO4/c1-3-19(30)15-22(31)24(27(32)33-4-2)25-23(16-11-13-18(28)14-12-16)20-7-5-6-8-21(20)29-26(25)17-9-10-17/h3,5-8,11-14,17,19,22,24,30-31H,1,4,9-10,15H2,2H3. The van der Waals surface area contributed by atoms with E-state index in [4.69, 9.17) is 9.72 Å². The minimum atomic E-state index is -1.23. The molecule has 0 saturated heterocycles. The zero-order valence-corrected chi connectivity index (χ0v) is 18.6. The molecule has 0 radical (unpaired) electrons. The van der Waals surface area contributed by atoms with E-state index in [-0.39, 0.29) is 24.8 Å². The molecule has 2 aromatic carbocycles. The van der Waals surface area contributed by atoms with Gasteiger partial charge in [0.25, 0.3) is 0 Å². The van der Waals surface area contributed by atoms with Crippen LogP contribution in [0.3, 0.4) is 0 Å². The summed E-state index contributed by atoms with van der Waals surface area (Å²) >= 11 is 0. The molecule has 2 N–H and O–H groups in total. The predicted octanol–water partition coefficient (Wildman–Crippen LogP) is 4.86. The van der Waals surface area contributed by atoms with E-state index in [9.17, 15) is 19.4 Å². The Labute approximate surface area is 192 Å². The molecule has 172 valence electrons. The van der Waals surface area contributed by atoms with Gasteiger partial charge in [0.1, 0.15) is 11.7 Å². The van der Waals surface area contributed by atoms with Gasteiger partial charge in [0, 0.05) is 23.4 Å². The van der Waals surface area contributed by atoms with E-state index < -0.39 is 24.1 Å². The fourth-order valence-electron chi connectivity index (χ4n) is 4.34. The van der Waals surface area contributed by atoms with Crippen LogP contribution in [0, 0.1) is 5.82 Å². The zero-order valence-electron chi connectivity index (χ0n) is 18.6. The number of aromatic nitrogens is 1. The maximum absolute atomic E-state index is 13.8. The molecule has 1 heterocycles. The van der Waals surface area contributed by atoms with Crippen LogP contribution in [-0.2, 0) is 9.53 Å². The molecule has 1 saturated carbocycles. The largest absolute Gasteiger partial charge is 0.465 e. The Hall–Kier alpha value is -3.09. The summed E-state index contributed by atoms with van der Waals surface area (Å²) in [4.78, 5) is 18.2. The number of aliphatic hydroxyl groups is 2. The highest BCUT2D eigenvalue weighted by atomic mass is 19.1. The molecule has 3 unspecified atom stereocenters. The number of carbonyl (C=O) groups is 1. The quantitative estimate of drug-likeness (QED) is 0.360. The van der Waals surface area contributed by atoms with Crippen LogP contribution in [0.2, 0.25) is 0 Å². The number of pyridine rings is 1. The molecule has 1 aliphatic rings. The Balaban J connectivity index is 2.02. The van der Waals surface area contributed by atoms with Crippen molar-refractivity contribution < 1.29 is 24.1 Å². The van der Waals surface area contributed by atoms with Crippen molar-refractivity contribution in [2.45, 2.75) is 50.2 Å². The van der Waals surface area contributed by atoms with Crippen molar-refractivity contribution >= 4 is 16.9 Å². The van der Waals surface area contributed by atoms with Gasteiger partial charge in [0.15, 0.2) is 0 Å². The molecule has 6 heteroatoms. The minimum Gasteiger partial charge on any atom is -0.465 e. The molecule has 5 nitrogen and oxygen atoms in total. The highest BCUT2D eigenvalue weighted by molar-refractivity contribution is 5.99. The van der Waals surface area contributed by atoms with Crippen LogP contribution in [0.4, 0.5) is 4.39 Å². The van der Waals surface area contributed by atoms with E-state index in [1.165, 1.54) is 18.2 Å². The molecule has 1 fully saturated rings. The SMILES string of the molecule is C=CC(O)CC(O)C(C(=O)OCC)c1c(C2CC2)nc2ccccc2c1-c1ccc(F)cc1. The van der Waals surface area contributed by atoms with Crippen molar-refractivity contribution in [3.8, 4) is 11.1 Å². The summed E-state index contributed by atoms with van der Waals surface area (Å²) < 4.78 is 19.1. The van der Waals surface area contributed by atoms with Crippen molar-refractivity contribution in [2.75, 3.05) is 6.61 Å². The molecule has 0 spiro atoms. The molecular formula is C27H28FNO4. The summed E-state index contributed by atoms with van der Waals surface area (Å²) in [5.41, 5.74) is 3.55. The van der Waals surface area contributed by atoms with Gasteiger partial charge in [-0.25, -0.2) is 4.39 Å². The zero-order chi connectivity index (χ0) is 23.5. The summed E-state index contributed by atoms with van der Waals surface area (Å²) in [6.07, 6.45) is 0.907. The van der Waals surface area contributed by atoms with Crippen molar-refractivity contribution in [3.05, 3.63) is 78.3 Å². The van der Waals surface area contributed by atoms with Gasteiger partial charge in [0.05, 0.1) is 24.3 Å². The number of carbonyl (C=O) groups excluding carboxylic acids is 1. The number of hydrogen-bond acceptors (Lipinski definition) is 5. The van der Waals surface area contributed by atoms with E-state index in [0.717, 1.165) is 40.6 Å². The number of ether oxygens (including phenoxy) is 1. The lowest BCUT2D eigenvalue weighted by molar-refractivity contribution is -0.148. The number of nitrogens with zero attached hydrogens (tertiary/aromatic N) is 1. The van der Waals surface area contributed by atoms with Gasteiger partial charge in [0.2, 0.25) is 0 Å². The minimum absolute atomic E-state index is 0.0766. The Morgan fingerprint density at radius 1 is 1.21 bits per heavy atom. The molecule has 1 aliphatic carbocycles. The summed E-state index contributed by atoms with van der Waals surface area (Å²) in [6, 6.07) is 13.7. The lowest BCUT2D eigenvalue weighted by atomic mass is 9.81. The Morgan fingerprint density at radius 3 is 2.55 bits per heavy atom. The molecular weight excluding hydrogens is 421 g/mol. The maximum Gasteiger partial charge on any atom is 0.316 e. The molecule has 33 heavy (non-hydrogen) atoms. The van der Waals surface area contributed by atoms with Gasteiger partial charge in [-0.2, -0.15) is 0 Å². The second-order valence-electron chi connectivity index (χ2n) is 8.42. The summed E-state index contributed by atoms with van der Waals surface area (Å²) in [7, 11) is 0. The predicted molar refractivity (Wildman–Crippen MR) is 125 cm³/mol. The third-order valence-electron chi connectivity index (χ3n) is 6.05. The van der Waals surface area contributed by atoms with Crippen molar-refractivity contribution in [3.63, 3.8) is 0 Å². The lowest BCUT2D eigenvalue weighted by Crippen LogP contribution is -2.32.